The van der Waals surface area contributed by atoms with Crippen molar-refractivity contribution in [3.8, 4) is 11.5 Å². The third-order valence-corrected chi connectivity index (χ3v) is 9.86. The molecule has 2 amide bonds. The first-order valence-corrected chi connectivity index (χ1v) is 17.1. The largest absolute Gasteiger partial charge is 0.454 e. The lowest BCUT2D eigenvalue weighted by Crippen LogP contribution is -2.59. The second-order valence-corrected chi connectivity index (χ2v) is 15.4. The van der Waals surface area contributed by atoms with Gasteiger partial charge in [0.2, 0.25) is 28.6 Å². The third kappa shape index (κ3) is 9.41. The van der Waals surface area contributed by atoms with Gasteiger partial charge < -0.3 is 25.2 Å². The highest BCUT2D eigenvalue weighted by molar-refractivity contribution is 7.89. The molecule has 3 N–H and O–H groups in total. The van der Waals surface area contributed by atoms with Crippen molar-refractivity contribution < 1.29 is 32.6 Å². The van der Waals surface area contributed by atoms with Gasteiger partial charge in [-0.1, -0.05) is 65.0 Å². The van der Waals surface area contributed by atoms with Gasteiger partial charge in [0, 0.05) is 19.2 Å². The van der Waals surface area contributed by atoms with Gasteiger partial charge in [0.1, 0.15) is 6.04 Å². The molecule has 2 aromatic carbocycles. The van der Waals surface area contributed by atoms with E-state index in [-0.39, 0.29) is 49.6 Å². The fraction of sp³-hybridized carbons (Fsp3) is 0.576. The van der Waals surface area contributed by atoms with E-state index in [1.165, 1.54) is 16.4 Å². The molecule has 0 aliphatic carbocycles. The topological polar surface area (TPSA) is 138 Å². The molecule has 0 saturated carbocycles. The smallest absolute Gasteiger partial charge is 0.243 e. The minimum absolute atomic E-state index is 0.0163. The van der Waals surface area contributed by atoms with E-state index in [0.29, 0.717) is 11.5 Å². The Labute approximate surface area is 267 Å². The van der Waals surface area contributed by atoms with E-state index in [4.69, 9.17) is 9.47 Å². The molecule has 0 unspecified atom stereocenters. The number of benzene rings is 2. The molecule has 0 aromatic heterocycles. The van der Waals surface area contributed by atoms with Crippen molar-refractivity contribution in [1.82, 2.24) is 19.8 Å². The molecule has 1 saturated heterocycles. The lowest BCUT2D eigenvalue weighted by molar-refractivity contribution is -0.133. The summed E-state index contributed by atoms with van der Waals surface area (Å²) in [4.78, 5) is 28.9. The van der Waals surface area contributed by atoms with Crippen LogP contribution in [0.15, 0.2) is 53.4 Å². The number of carbonyl (C=O) groups excluding carboxylic acids is 2. The van der Waals surface area contributed by atoms with Crippen LogP contribution >= 0.6 is 0 Å². The second-order valence-electron chi connectivity index (χ2n) is 13.5. The number of rotatable bonds is 14. The average Bonchev–Trinajstić information content (AvgIpc) is 3.66. The van der Waals surface area contributed by atoms with Crippen LogP contribution in [0.1, 0.15) is 53.0 Å². The fourth-order valence-corrected chi connectivity index (χ4v) is 7.28. The number of ether oxygens (including phenoxy) is 2. The molecule has 0 radical (unpaired) electrons. The maximum atomic E-state index is 13.9. The Morgan fingerprint density at radius 3 is 2.29 bits per heavy atom. The highest BCUT2D eigenvalue weighted by atomic mass is 32.2. The van der Waals surface area contributed by atoms with Crippen molar-refractivity contribution >= 4 is 21.8 Å². The number of likely N-dealkylation sites (tertiary alicyclic amines) is 1. The van der Waals surface area contributed by atoms with Gasteiger partial charge in [-0.25, -0.2) is 8.42 Å². The maximum Gasteiger partial charge on any atom is 0.243 e. The zero-order chi connectivity index (χ0) is 32.8. The minimum Gasteiger partial charge on any atom is -0.454 e. The number of nitrogens with zero attached hydrogens (tertiary/aromatic N) is 2. The van der Waals surface area contributed by atoms with Crippen molar-refractivity contribution in [3.05, 3.63) is 54.1 Å². The number of amides is 2. The van der Waals surface area contributed by atoms with Crippen LogP contribution in [-0.4, -0.2) is 92.2 Å². The number of aliphatic hydroxyl groups is 1. The van der Waals surface area contributed by atoms with Gasteiger partial charge in [-0.15, -0.1) is 0 Å². The van der Waals surface area contributed by atoms with Gasteiger partial charge in [0.15, 0.2) is 11.5 Å². The summed E-state index contributed by atoms with van der Waals surface area (Å²) in [6.07, 6.45) is 1.09. The first kappa shape index (κ1) is 34.7. The Hall–Kier alpha value is -3.19. The molecule has 2 heterocycles. The molecular formula is C33H48N4O7S. The monoisotopic (exact) mass is 644 g/mol. The molecule has 248 valence electrons. The van der Waals surface area contributed by atoms with E-state index >= 15 is 0 Å². The Kier molecular flexibility index (Phi) is 11.5. The van der Waals surface area contributed by atoms with E-state index in [9.17, 15) is 23.1 Å². The van der Waals surface area contributed by atoms with E-state index in [2.05, 4.69) is 15.5 Å². The summed E-state index contributed by atoms with van der Waals surface area (Å²) in [5, 5.41) is 17.6. The van der Waals surface area contributed by atoms with Crippen LogP contribution in [0.4, 0.5) is 0 Å². The molecule has 3 atom stereocenters. The third-order valence-electron chi connectivity index (χ3n) is 8.03. The van der Waals surface area contributed by atoms with Gasteiger partial charge in [0.05, 0.1) is 23.6 Å². The summed E-state index contributed by atoms with van der Waals surface area (Å²) in [6.45, 7) is 11.3. The van der Waals surface area contributed by atoms with Crippen molar-refractivity contribution in [2.45, 2.75) is 77.0 Å². The Morgan fingerprint density at radius 2 is 1.64 bits per heavy atom. The van der Waals surface area contributed by atoms with Gasteiger partial charge in [-0.3, -0.25) is 14.5 Å². The molecule has 0 bridgehead atoms. The summed E-state index contributed by atoms with van der Waals surface area (Å²) in [5.41, 5.74) is 0.237. The zero-order valence-electron chi connectivity index (χ0n) is 27.0. The molecule has 4 rings (SSSR count). The lowest BCUT2D eigenvalue weighted by atomic mass is 9.85. The van der Waals surface area contributed by atoms with Crippen molar-refractivity contribution in [2.75, 3.05) is 39.5 Å². The summed E-state index contributed by atoms with van der Waals surface area (Å²) in [5.74, 6) is 0.0990. The number of hydrogen-bond acceptors (Lipinski definition) is 8. The molecule has 1 fully saturated rings. The van der Waals surface area contributed by atoms with Crippen LogP contribution < -0.4 is 20.1 Å². The fourth-order valence-electron chi connectivity index (χ4n) is 5.64. The van der Waals surface area contributed by atoms with E-state index in [1.54, 1.807) is 6.07 Å². The van der Waals surface area contributed by atoms with Crippen LogP contribution in [0, 0.1) is 11.3 Å². The minimum atomic E-state index is -4.05. The molecule has 0 spiro atoms. The number of hydrogen-bond donors (Lipinski definition) is 3. The van der Waals surface area contributed by atoms with Gasteiger partial charge in [0.25, 0.3) is 0 Å². The predicted molar refractivity (Wildman–Crippen MR) is 171 cm³/mol. The van der Waals surface area contributed by atoms with Crippen molar-refractivity contribution in [1.29, 1.82) is 0 Å². The summed E-state index contributed by atoms with van der Waals surface area (Å²) in [6, 6.07) is 12.1. The first-order valence-electron chi connectivity index (χ1n) is 15.7. The molecule has 45 heavy (non-hydrogen) atoms. The number of nitrogens with one attached hydrogen (secondary N) is 2. The summed E-state index contributed by atoms with van der Waals surface area (Å²) < 4.78 is 39.8. The van der Waals surface area contributed by atoms with Crippen LogP contribution in [0.3, 0.4) is 0 Å². The molecule has 2 aliphatic heterocycles. The number of fused-ring (bicyclic) bond motifs is 1. The van der Waals surface area contributed by atoms with Crippen LogP contribution in [0.2, 0.25) is 0 Å². The van der Waals surface area contributed by atoms with E-state index < -0.39 is 39.5 Å². The maximum absolute atomic E-state index is 13.9. The van der Waals surface area contributed by atoms with Crippen molar-refractivity contribution in [2.24, 2.45) is 11.3 Å². The average molecular weight is 645 g/mol. The van der Waals surface area contributed by atoms with E-state index in [0.717, 1.165) is 31.5 Å². The zero-order valence-corrected chi connectivity index (χ0v) is 27.8. The SMILES string of the molecule is CC(C)CN(C[C@@H](O)[C@H](Cc1ccccc1)NC(=O)[C@@H](NC(=O)CN1CCCC1)C(C)(C)C)S(=O)(=O)c1ccc2c(c1)OCO2. The highest BCUT2D eigenvalue weighted by Crippen LogP contribution is 2.35. The number of sulfonamides is 1. The number of carbonyl (C=O) groups is 2. The quantitative estimate of drug-likeness (QED) is 0.286. The predicted octanol–water partition coefficient (Wildman–Crippen LogP) is 2.78. The standard InChI is InChI=1S/C33H48N4O7S/c1-23(2)19-37(45(41,42)25-13-14-28-29(18-25)44-22-43-28)20-27(38)26(17-24-11-7-6-8-12-24)34-32(40)31(33(3,4)5)35-30(39)21-36-15-9-10-16-36/h6-8,11-14,18,23,26-27,31,38H,9-10,15-17,19-22H2,1-5H3,(H,34,40)(H,35,39)/t26-,27+,31+/m0/s1. The molecular weight excluding hydrogens is 596 g/mol. The van der Waals surface area contributed by atoms with Crippen LogP contribution in [-0.2, 0) is 26.0 Å². The van der Waals surface area contributed by atoms with Crippen LogP contribution in [0.25, 0.3) is 0 Å². The van der Waals surface area contributed by atoms with Gasteiger partial charge in [-0.05, 0) is 61.4 Å². The first-order chi connectivity index (χ1) is 21.2. The Balaban J connectivity index is 1.56. The molecule has 12 heteroatoms. The molecule has 11 nitrogen and oxygen atoms in total. The Bertz CT molecular complexity index is 1410. The molecule has 2 aromatic rings. The second kappa shape index (κ2) is 14.9. The summed E-state index contributed by atoms with van der Waals surface area (Å²) >= 11 is 0. The lowest BCUT2D eigenvalue weighted by Gasteiger charge is -2.35. The summed E-state index contributed by atoms with van der Waals surface area (Å²) in [7, 11) is -4.05. The van der Waals surface area contributed by atoms with Gasteiger partial charge in [-0.2, -0.15) is 4.31 Å². The van der Waals surface area contributed by atoms with E-state index in [1.807, 2.05) is 65.0 Å². The normalized spacial score (nSPS) is 17.3. The molecule has 2 aliphatic rings. The Morgan fingerprint density at radius 1 is 0.978 bits per heavy atom. The van der Waals surface area contributed by atoms with Gasteiger partial charge >= 0.3 is 0 Å². The van der Waals surface area contributed by atoms with Crippen molar-refractivity contribution in [3.63, 3.8) is 0 Å². The van der Waals surface area contributed by atoms with Crippen LogP contribution in [0.5, 0.6) is 11.5 Å². The number of aliphatic hydroxyl groups excluding tert-OH is 1. The highest BCUT2D eigenvalue weighted by Gasteiger charge is 2.37.